The summed E-state index contributed by atoms with van der Waals surface area (Å²) < 4.78 is 46.9. The number of alkyl halides is 2. The van der Waals surface area contributed by atoms with E-state index in [9.17, 15) is 13.2 Å². The van der Waals surface area contributed by atoms with Crippen LogP contribution >= 0.6 is 11.3 Å². The molecule has 0 radical (unpaired) electrons. The molecule has 0 unspecified atom stereocenters. The van der Waals surface area contributed by atoms with Gasteiger partial charge in [0.2, 0.25) is 0 Å². The maximum atomic E-state index is 14.2. The smallest absolute Gasteiger partial charge is 0.332 e. The number of benzene rings is 1. The minimum atomic E-state index is -2.96. The minimum absolute atomic E-state index is 0.00981. The Kier molecular flexibility index (Phi) is 5.88. The van der Waals surface area contributed by atoms with Crippen LogP contribution in [0.3, 0.4) is 0 Å². The number of nitrogens with two attached hydrogens (primary N) is 2. The first-order valence-electron chi connectivity index (χ1n) is 9.72. The van der Waals surface area contributed by atoms with Gasteiger partial charge in [0.1, 0.15) is 11.9 Å². The van der Waals surface area contributed by atoms with Crippen molar-refractivity contribution in [2.75, 3.05) is 5.73 Å². The van der Waals surface area contributed by atoms with Gasteiger partial charge in [-0.2, -0.15) is 8.78 Å². The van der Waals surface area contributed by atoms with E-state index in [0.29, 0.717) is 22.4 Å². The van der Waals surface area contributed by atoms with E-state index in [2.05, 4.69) is 15.0 Å². The van der Waals surface area contributed by atoms with Crippen molar-refractivity contribution in [3.63, 3.8) is 0 Å². The number of fused-ring (bicyclic) bond motifs is 5. The second kappa shape index (κ2) is 8.62. The lowest BCUT2D eigenvalue weighted by Crippen LogP contribution is -2.15. The van der Waals surface area contributed by atoms with Gasteiger partial charge in [-0.05, 0) is 49.9 Å². The monoisotopic (exact) mass is 459 g/mol. The number of nitrogens with zero attached hydrogens (tertiary/aromatic N) is 3. The van der Waals surface area contributed by atoms with Crippen molar-refractivity contribution in [1.29, 1.82) is 0 Å². The van der Waals surface area contributed by atoms with Gasteiger partial charge in [-0.1, -0.05) is 0 Å². The van der Waals surface area contributed by atoms with E-state index in [0.717, 1.165) is 9.88 Å². The van der Waals surface area contributed by atoms with Crippen molar-refractivity contribution in [2.24, 2.45) is 10.7 Å². The van der Waals surface area contributed by atoms with Crippen LogP contribution in [0.2, 0.25) is 0 Å². The van der Waals surface area contributed by atoms with Crippen LogP contribution in [0.25, 0.3) is 11.3 Å². The number of nitrogen functional groups attached to an aromatic ring is 1. The number of pyridine rings is 1. The number of aliphatic imine (C=N–C) groups is 1. The molecule has 0 aliphatic carbocycles. The number of ether oxygens (including phenoxy) is 1. The van der Waals surface area contributed by atoms with Crippen LogP contribution in [0.4, 0.5) is 19.0 Å². The van der Waals surface area contributed by atoms with E-state index in [-0.39, 0.29) is 29.3 Å². The van der Waals surface area contributed by atoms with E-state index < -0.39 is 18.5 Å². The highest BCUT2D eigenvalue weighted by Gasteiger charge is 2.25. The van der Waals surface area contributed by atoms with Gasteiger partial charge in [-0.15, -0.1) is 11.3 Å². The molecular weight excluding hydrogens is 439 g/mol. The highest BCUT2D eigenvalue weighted by Crippen LogP contribution is 2.38. The van der Waals surface area contributed by atoms with Crippen LogP contribution in [0.1, 0.15) is 34.0 Å². The second-order valence-corrected chi connectivity index (χ2v) is 8.52. The Bertz CT molecular complexity index is 1240. The Morgan fingerprint density at radius 1 is 1.31 bits per heavy atom. The molecule has 166 valence electrons. The highest BCUT2D eigenvalue weighted by molar-refractivity contribution is 7.12. The molecule has 2 aromatic heterocycles. The van der Waals surface area contributed by atoms with Crippen molar-refractivity contribution < 1.29 is 17.9 Å². The molecule has 3 heterocycles. The molecule has 0 saturated heterocycles. The third-order valence-electron chi connectivity index (χ3n) is 5.05. The number of aryl methyl sites for hydroxylation is 1. The van der Waals surface area contributed by atoms with E-state index >= 15 is 0 Å². The second-order valence-electron chi connectivity index (χ2n) is 7.23. The number of rotatable bonds is 1. The molecule has 1 aliphatic heterocycles. The number of hydrogen-bond donors (Lipinski definition) is 2. The molecule has 1 atom stereocenters. The largest absolute Gasteiger partial charge is 0.482 e. The normalized spacial score (nSPS) is 18.6. The zero-order valence-corrected chi connectivity index (χ0v) is 18.1. The summed E-state index contributed by atoms with van der Waals surface area (Å²) >= 11 is 1.41. The predicted octanol–water partition coefficient (Wildman–Crippen LogP) is 4.79. The molecule has 6 nitrogen and oxygen atoms in total. The standard InChI is InChI=1S/C22H20F3N5OS/c1-10-16-7-14(23)3-4-15(16)20-18(32-11(2)29-20)6-12(8-26)19(30-22(24)25)13-5-17(31-10)21(27)28-9-13/h3-5,7-10,22H,6,26H2,1-2H3,(H2,27,28)/t10-/m1/s1. The number of anilines is 1. The molecule has 2 bridgehead atoms. The van der Waals surface area contributed by atoms with Crippen molar-refractivity contribution in [1.82, 2.24) is 9.97 Å². The fraction of sp³-hybridized carbons (Fsp3) is 0.227. The van der Waals surface area contributed by atoms with Gasteiger partial charge in [0.15, 0.2) is 11.6 Å². The van der Waals surface area contributed by atoms with Gasteiger partial charge in [-0.25, -0.2) is 19.4 Å². The Balaban J connectivity index is 2.01. The van der Waals surface area contributed by atoms with Gasteiger partial charge in [0, 0.05) is 34.2 Å². The lowest BCUT2D eigenvalue weighted by atomic mass is 9.95. The quantitative estimate of drug-likeness (QED) is 0.510. The molecule has 4 rings (SSSR count). The molecule has 0 saturated carbocycles. The predicted molar refractivity (Wildman–Crippen MR) is 118 cm³/mol. The Labute approximate surface area is 186 Å². The van der Waals surface area contributed by atoms with Crippen molar-refractivity contribution in [3.8, 4) is 17.0 Å². The minimum Gasteiger partial charge on any atom is -0.482 e. The average Bonchev–Trinajstić information content (AvgIpc) is 3.11. The van der Waals surface area contributed by atoms with Crippen molar-refractivity contribution in [3.05, 3.63) is 69.1 Å². The molecule has 0 amide bonds. The average molecular weight is 459 g/mol. The summed E-state index contributed by atoms with van der Waals surface area (Å²) in [5, 5.41) is 0.768. The van der Waals surface area contributed by atoms with Crippen LogP contribution in [0, 0.1) is 12.7 Å². The van der Waals surface area contributed by atoms with Crippen molar-refractivity contribution >= 4 is 22.9 Å². The van der Waals surface area contributed by atoms with E-state index in [1.54, 1.807) is 13.0 Å². The summed E-state index contributed by atoms with van der Waals surface area (Å²) in [6.45, 7) is 0.626. The molecule has 3 aromatic rings. The number of allylic oxidation sites excluding steroid dienone is 1. The SMILES string of the molecule is Cc1nc2c(s1)CC(=CN)C(=NC(F)F)c1cnc(N)c(c1)O[C@H](C)c1cc(F)ccc1-2. The Morgan fingerprint density at radius 2 is 2.09 bits per heavy atom. The molecule has 32 heavy (non-hydrogen) atoms. The summed E-state index contributed by atoms with van der Waals surface area (Å²) in [5.74, 6) is -0.192. The first kappa shape index (κ1) is 21.8. The fourth-order valence-corrected chi connectivity index (χ4v) is 4.63. The zero-order chi connectivity index (χ0) is 23.0. The topological polar surface area (TPSA) is 99.4 Å². The molecule has 4 N–H and O–H groups in total. The Hall–Kier alpha value is -3.40. The fourth-order valence-electron chi connectivity index (χ4n) is 3.65. The summed E-state index contributed by atoms with van der Waals surface area (Å²) in [4.78, 5) is 13.0. The van der Waals surface area contributed by atoms with E-state index in [4.69, 9.17) is 16.2 Å². The number of halogens is 3. The zero-order valence-electron chi connectivity index (χ0n) is 17.3. The number of aromatic nitrogens is 2. The van der Waals surface area contributed by atoms with Gasteiger partial charge < -0.3 is 16.2 Å². The van der Waals surface area contributed by atoms with Crippen LogP contribution < -0.4 is 16.2 Å². The molecule has 0 fully saturated rings. The Morgan fingerprint density at radius 3 is 2.81 bits per heavy atom. The summed E-state index contributed by atoms with van der Waals surface area (Å²) in [5.41, 5.74) is 14.3. The third kappa shape index (κ3) is 4.18. The molecule has 0 spiro atoms. The maximum absolute atomic E-state index is 14.2. The van der Waals surface area contributed by atoms with E-state index in [1.807, 2.05) is 6.92 Å². The van der Waals surface area contributed by atoms with Gasteiger partial charge >= 0.3 is 6.55 Å². The van der Waals surface area contributed by atoms with Crippen molar-refractivity contribution in [2.45, 2.75) is 32.9 Å². The molecule has 10 heteroatoms. The van der Waals surface area contributed by atoms with Gasteiger partial charge in [-0.3, -0.25) is 0 Å². The van der Waals surface area contributed by atoms with E-state index in [1.165, 1.54) is 41.9 Å². The lowest BCUT2D eigenvalue weighted by molar-refractivity contribution is 0.160. The summed E-state index contributed by atoms with van der Waals surface area (Å²) in [6.07, 6.45) is 2.16. The maximum Gasteiger partial charge on any atom is 0.332 e. The first-order valence-corrected chi connectivity index (χ1v) is 10.5. The summed E-state index contributed by atoms with van der Waals surface area (Å²) in [7, 11) is 0. The van der Waals surface area contributed by atoms with Crippen LogP contribution in [0.5, 0.6) is 5.75 Å². The molecular formula is C22H20F3N5OS. The number of thiazole rings is 1. The van der Waals surface area contributed by atoms with Crippen LogP contribution in [-0.2, 0) is 6.42 Å². The molecule has 1 aromatic carbocycles. The van der Waals surface area contributed by atoms with Crippen LogP contribution in [-0.4, -0.2) is 22.2 Å². The summed E-state index contributed by atoms with van der Waals surface area (Å²) in [6, 6.07) is 5.85. The third-order valence-corrected chi connectivity index (χ3v) is 6.02. The number of hydrogen-bond acceptors (Lipinski definition) is 7. The van der Waals surface area contributed by atoms with Crippen LogP contribution in [0.15, 0.2) is 47.2 Å². The lowest BCUT2D eigenvalue weighted by Gasteiger charge is -2.21. The van der Waals surface area contributed by atoms with Gasteiger partial charge in [0.05, 0.1) is 16.4 Å². The highest BCUT2D eigenvalue weighted by atomic mass is 32.1. The molecule has 1 aliphatic rings. The van der Waals surface area contributed by atoms with Gasteiger partial charge in [0.25, 0.3) is 0 Å². The first-order chi connectivity index (χ1) is 15.3.